The summed E-state index contributed by atoms with van der Waals surface area (Å²) in [5.74, 6) is 0. The summed E-state index contributed by atoms with van der Waals surface area (Å²) in [6.07, 6.45) is 4.93. The minimum absolute atomic E-state index is 0.168. The summed E-state index contributed by atoms with van der Waals surface area (Å²) in [6.45, 7) is 5.56. The minimum atomic E-state index is -0.168. The minimum Gasteiger partial charge on any atom is -0.391 e. The fraction of sp³-hybridized carbons (Fsp3) is 0.467. The lowest BCUT2D eigenvalue weighted by Crippen LogP contribution is -2.40. The summed E-state index contributed by atoms with van der Waals surface area (Å²) in [7, 11) is 0. The van der Waals surface area contributed by atoms with Crippen molar-refractivity contribution < 1.29 is 5.11 Å². The lowest BCUT2D eigenvalue weighted by Gasteiger charge is -2.30. The molecule has 2 heteroatoms. The summed E-state index contributed by atoms with van der Waals surface area (Å²) in [6, 6.07) is 10.7. The molecule has 1 N–H and O–H groups in total. The van der Waals surface area contributed by atoms with Gasteiger partial charge in [0.25, 0.3) is 0 Å². The Hall–Kier alpha value is -1.12. The first-order valence-electron chi connectivity index (χ1n) is 6.38. The van der Waals surface area contributed by atoms with Gasteiger partial charge in [-0.25, -0.2) is 0 Å². The Balaban J connectivity index is 2.04. The molecule has 2 nitrogen and oxygen atoms in total. The third kappa shape index (κ3) is 3.18. The lowest BCUT2D eigenvalue weighted by atomic mass is 10.1. The Kier molecular flexibility index (Phi) is 4.35. The molecule has 0 aliphatic heterocycles. The monoisotopic (exact) mass is 231 g/mol. The highest BCUT2D eigenvalue weighted by molar-refractivity contribution is 5.15. The molecule has 0 spiro atoms. The fourth-order valence-electron chi connectivity index (χ4n) is 2.65. The van der Waals surface area contributed by atoms with Crippen molar-refractivity contribution in [1.29, 1.82) is 0 Å². The van der Waals surface area contributed by atoms with E-state index in [0.717, 1.165) is 32.4 Å². The lowest BCUT2D eigenvalue weighted by molar-refractivity contribution is 0.0734. The van der Waals surface area contributed by atoms with Crippen LogP contribution in [0.4, 0.5) is 0 Å². The number of hydrogen-bond acceptors (Lipinski definition) is 2. The van der Waals surface area contributed by atoms with Crippen LogP contribution < -0.4 is 0 Å². The zero-order valence-corrected chi connectivity index (χ0v) is 10.3. The van der Waals surface area contributed by atoms with E-state index in [1.807, 2.05) is 12.1 Å². The van der Waals surface area contributed by atoms with Crippen molar-refractivity contribution in [3.05, 3.63) is 48.6 Å². The zero-order chi connectivity index (χ0) is 12.1. The van der Waals surface area contributed by atoms with Crippen molar-refractivity contribution in [1.82, 2.24) is 4.90 Å². The Morgan fingerprint density at radius 1 is 1.29 bits per heavy atom. The molecule has 0 heterocycles. The molecule has 0 bridgehead atoms. The van der Waals surface area contributed by atoms with E-state index in [9.17, 15) is 5.11 Å². The van der Waals surface area contributed by atoms with Crippen LogP contribution in [-0.4, -0.2) is 28.7 Å². The standard InChI is InChI=1S/C15H21NO/c1-2-11-16(14-9-6-10-15(14)17)12-13-7-4-3-5-8-13/h2-5,7-8,14-15,17H,1,6,9-12H2/t14-,15-/m1/s1. The predicted molar refractivity (Wildman–Crippen MR) is 70.7 cm³/mol. The third-order valence-electron chi connectivity index (χ3n) is 3.51. The number of hydrogen-bond donors (Lipinski definition) is 1. The molecule has 92 valence electrons. The molecule has 0 radical (unpaired) electrons. The molecule has 0 aromatic heterocycles. The molecular weight excluding hydrogens is 210 g/mol. The number of aliphatic hydroxyl groups excluding tert-OH is 1. The molecule has 0 unspecified atom stereocenters. The van der Waals surface area contributed by atoms with E-state index in [0.29, 0.717) is 6.04 Å². The van der Waals surface area contributed by atoms with Gasteiger partial charge in [-0.2, -0.15) is 0 Å². The van der Waals surface area contributed by atoms with E-state index >= 15 is 0 Å². The largest absolute Gasteiger partial charge is 0.391 e. The van der Waals surface area contributed by atoms with Crippen LogP contribution in [0.15, 0.2) is 43.0 Å². The summed E-state index contributed by atoms with van der Waals surface area (Å²) < 4.78 is 0. The summed E-state index contributed by atoms with van der Waals surface area (Å²) in [5.41, 5.74) is 1.30. The molecule has 0 saturated heterocycles. The first-order valence-corrected chi connectivity index (χ1v) is 6.38. The van der Waals surface area contributed by atoms with Gasteiger partial charge < -0.3 is 5.11 Å². The van der Waals surface area contributed by atoms with E-state index in [1.165, 1.54) is 5.56 Å². The predicted octanol–water partition coefficient (Wildman–Crippen LogP) is 2.59. The maximum atomic E-state index is 9.99. The van der Waals surface area contributed by atoms with Gasteiger partial charge in [-0.3, -0.25) is 4.90 Å². The average molecular weight is 231 g/mol. The van der Waals surface area contributed by atoms with Crippen LogP contribution in [0.1, 0.15) is 24.8 Å². The molecule has 1 aliphatic rings. The normalized spacial score (nSPS) is 24.1. The second-order valence-electron chi connectivity index (χ2n) is 4.77. The molecule has 0 amide bonds. The van der Waals surface area contributed by atoms with Gasteiger partial charge in [0.05, 0.1) is 6.10 Å². The molecule has 1 aromatic rings. The van der Waals surface area contributed by atoms with Crippen LogP contribution in [0.25, 0.3) is 0 Å². The Morgan fingerprint density at radius 3 is 2.65 bits per heavy atom. The number of rotatable bonds is 5. The second kappa shape index (κ2) is 5.99. The van der Waals surface area contributed by atoms with Gasteiger partial charge in [0.1, 0.15) is 0 Å². The van der Waals surface area contributed by atoms with Crippen molar-refractivity contribution in [2.75, 3.05) is 6.54 Å². The zero-order valence-electron chi connectivity index (χ0n) is 10.3. The quantitative estimate of drug-likeness (QED) is 0.787. The summed E-state index contributed by atoms with van der Waals surface area (Å²) >= 11 is 0. The number of benzene rings is 1. The average Bonchev–Trinajstić information content (AvgIpc) is 2.76. The van der Waals surface area contributed by atoms with Gasteiger partial charge in [0.2, 0.25) is 0 Å². The SMILES string of the molecule is C=CCN(Cc1ccccc1)[C@@H]1CCC[C@H]1O. The van der Waals surface area contributed by atoms with Crippen molar-refractivity contribution in [2.24, 2.45) is 0 Å². The Labute approximate surface area is 104 Å². The fourth-order valence-corrected chi connectivity index (χ4v) is 2.65. The maximum absolute atomic E-state index is 9.99. The van der Waals surface area contributed by atoms with Crippen molar-refractivity contribution in [3.63, 3.8) is 0 Å². The highest BCUT2D eigenvalue weighted by Crippen LogP contribution is 2.25. The molecule has 1 fully saturated rings. The Bertz CT molecular complexity index is 349. The van der Waals surface area contributed by atoms with E-state index < -0.39 is 0 Å². The summed E-state index contributed by atoms with van der Waals surface area (Å²) in [5, 5.41) is 9.99. The van der Waals surface area contributed by atoms with Gasteiger partial charge in [0, 0.05) is 19.1 Å². The van der Waals surface area contributed by atoms with Crippen LogP contribution in [0, 0.1) is 0 Å². The molecule has 17 heavy (non-hydrogen) atoms. The van der Waals surface area contributed by atoms with Crippen LogP contribution in [0.2, 0.25) is 0 Å². The van der Waals surface area contributed by atoms with Crippen LogP contribution >= 0.6 is 0 Å². The van der Waals surface area contributed by atoms with Gasteiger partial charge in [-0.1, -0.05) is 36.4 Å². The molecule has 2 atom stereocenters. The molecule has 1 aromatic carbocycles. The van der Waals surface area contributed by atoms with Crippen LogP contribution in [0.3, 0.4) is 0 Å². The van der Waals surface area contributed by atoms with Crippen molar-refractivity contribution in [3.8, 4) is 0 Å². The van der Waals surface area contributed by atoms with Crippen LogP contribution in [-0.2, 0) is 6.54 Å². The maximum Gasteiger partial charge on any atom is 0.0695 e. The topological polar surface area (TPSA) is 23.5 Å². The van der Waals surface area contributed by atoms with E-state index in [-0.39, 0.29) is 6.10 Å². The molecule has 1 saturated carbocycles. The van der Waals surface area contributed by atoms with E-state index in [4.69, 9.17) is 0 Å². The first-order chi connectivity index (χ1) is 8.31. The number of aliphatic hydroxyl groups is 1. The van der Waals surface area contributed by atoms with Gasteiger partial charge in [-0.15, -0.1) is 6.58 Å². The van der Waals surface area contributed by atoms with Gasteiger partial charge in [0.15, 0.2) is 0 Å². The third-order valence-corrected chi connectivity index (χ3v) is 3.51. The first kappa shape index (κ1) is 12.3. The Morgan fingerprint density at radius 2 is 2.06 bits per heavy atom. The van der Waals surface area contributed by atoms with Crippen molar-refractivity contribution in [2.45, 2.75) is 38.0 Å². The van der Waals surface area contributed by atoms with Gasteiger partial charge in [-0.05, 0) is 24.8 Å². The smallest absolute Gasteiger partial charge is 0.0695 e. The number of nitrogens with zero attached hydrogens (tertiary/aromatic N) is 1. The molecule has 1 aliphatic carbocycles. The van der Waals surface area contributed by atoms with E-state index in [1.54, 1.807) is 0 Å². The van der Waals surface area contributed by atoms with Gasteiger partial charge >= 0.3 is 0 Å². The second-order valence-corrected chi connectivity index (χ2v) is 4.77. The van der Waals surface area contributed by atoms with E-state index in [2.05, 4.69) is 35.7 Å². The highest BCUT2D eigenvalue weighted by atomic mass is 16.3. The molecular formula is C15H21NO. The van der Waals surface area contributed by atoms with Crippen LogP contribution in [0.5, 0.6) is 0 Å². The van der Waals surface area contributed by atoms with Crippen molar-refractivity contribution >= 4 is 0 Å². The highest BCUT2D eigenvalue weighted by Gasteiger charge is 2.29. The molecule has 2 rings (SSSR count). The summed E-state index contributed by atoms with van der Waals surface area (Å²) in [4.78, 5) is 2.33.